The molecule has 1 fully saturated rings. The fourth-order valence-electron chi connectivity index (χ4n) is 4.27. The first-order chi connectivity index (χ1) is 13.3. The third-order valence-electron chi connectivity index (χ3n) is 5.69. The molecule has 27 heavy (non-hydrogen) atoms. The summed E-state index contributed by atoms with van der Waals surface area (Å²) in [6.45, 7) is 1.73. The monoisotopic (exact) mass is 378 g/mol. The van der Waals surface area contributed by atoms with Gasteiger partial charge in [0.05, 0.1) is 5.39 Å². The van der Waals surface area contributed by atoms with E-state index in [4.69, 9.17) is 0 Å². The largest absolute Gasteiger partial charge is 0.356 e. The number of nitrogens with one attached hydrogen (secondary N) is 1. The van der Waals surface area contributed by atoms with Crippen LogP contribution in [0, 0.1) is 5.92 Å². The molecule has 2 aliphatic rings. The maximum atomic E-state index is 12.6. The Kier molecular flexibility index (Phi) is 4.28. The molecule has 1 saturated heterocycles. The lowest BCUT2D eigenvalue weighted by Crippen LogP contribution is -2.38. The maximum absolute atomic E-state index is 12.6. The Morgan fingerprint density at radius 1 is 1.11 bits per heavy atom. The molecule has 6 heteroatoms. The third kappa shape index (κ3) is 3.08. The number of carbonyl (C=O) groups excluding carboxylic acids is 1. The standard InChI is InChI=1S/C21H22N4OS/c26-20(24-15-5-2-1-3-6-15)14-9-11-25(12-10-14)19-18-16-7-4-8-17(16)27-21(18)23-13-22-19/h1-3,5-6,13-14H,4,7-12H2,(H,24,26). The van der Waals surface area contributed by atoms with Crippen LogP contribution in [0.25, 0.3) is 10.2 Å². The number of benzene rings is 1. The molecule has 3 heterocycles. The number of para-hydroxylation sites is 1. The lowest BCUT2D eigenvalue weighted by molar-refractivity contribution is -0.120. The lowest BCUT2D eigenvalue weighted by atomic mass is 9.95. The molecule has 0 bridgehead atoms. The second kappa shape index (κ2) is 6.93. The number of rotatable bonds is 3. The highest BCUT2D eigenvalue weighted by Gasteiger charge is 2.28. The fourth-order valence-corrected chi connectivity index (χ4v) is 5.49. The molecule has 1 amide bonds. The van der Waals surface area contributed by atoms with Crippen molar-refractivity contribution in [3.05, 3.63) is 47.1 Å². The van der Waals surface area contributed by atoms with Crippen molar-refractivity contribution in [2.45, 2.75) is 32.1 Å². The SMILES string of the molecule is O=C(Nc1ccccc1)C1CCN(c2ncnc3sc4c(c23)CCC4)CC1. The molecule has 0 spiro atoms. The number of hydrogen-bond acceptors (Lipinski definition) is 5. The Balaban J connectivity index is 1.31. The first-order valence-corrected chi connectivity index (χ1v) is 10.5. The summed E-state index contributed by atoms with van der Waals surface area (Å²) < 4.78 is 0. The van der Waals surface area contributed by atoms with Gasteiger partial charge >= 0.3 is 0 Å². The molecule has 0 radical (unpaired) electrons. The minimum Gasteiger partial charge on any atom is -0.356 e. The van der Waals surface area contributed by atoms with E-state index in [9.17, 15) is 4.79 Å². The normalized spacial score (nSPS) is 17.3. The van der Waals surface area contributed by atoms with E-state index in [0.29, 0.717) is 0 Å². The molecule has 0 atom stereocenters. The molecule has 3 aromatic rings. The van der Waals surface area contributed by atoms with Crippen molar-refractivity contribution in [3.63, 3.8) is 0 Å². The highest BCUT2D eigenvalue weighted by molar-refractivity contribution is 7.19. The average Bonchev–Trinajstić information content (AvgIpc) is 3.30. The van der Waals surface area contributed by atoms with Crippen molar-refractivity contribution in [3.8, 4) is 0 Å². The molecular weight excluding hydrogens is 356 g/mol. The van der Waals surface area contributed by atoms with Gasteiger partial charge < -0.3 is 10.2 Å². The minimum atomic E-state index is 0.0620. The van der Waals surface area contributed by atoms with Crippen LogP contribution in [0.2, 0.25) is 0 Å². The summed E-state index contributed by atoms with van der Waals surface area (Å²) in [4.78, 5) is 26.7. The van der Waals surface area contributed by atoms with Crippen molar-refractivity contribution >= 4 is 39.0 Å². The van der Waals surface area contributed by atoms with Crippen LogP contribution in [0.4, 0.5) is 11.5 Å². The van der Waals surface area contributed by atoms with Gasteiger partial charge in [-0.25, -0.2) is 9.97 Å². The lowest BCUT2D eigenvalue weighted by Gasteiger charge is -2.32. The summed E-state index contributed by atoms with van der Waals surface area (Å²) in [7, 11) is 0. The minimum absolute atomic E-state index is 0.0620. The van der Waals surface area contributed by atoms with E-state index in [2.05, 4.69) is 20.2 Å². The zero-order valence-electron chi connectivity index (χ0n) is 15.1. The molecule has 1 N–H and O–H groups in total. The molecule has 5 nitrogen and oxygen atoms in total. The summed E-state index contributed by atoms with van der Waals surface area (Å²) in [5.41, 5.74) is 2.34. The van der Waals surface area contributed by atoms with Gasteiger partial charge in [0.25, 0.3) is 0 Å². The van der Waals surface area contributed by atoms with Gasteiger partial charge in [0.2, 0.25) is 5.91 Å². The van der Waals surface area contributed by atoms with Crippen molar-refractivity contribution in [2.75, 3.05) is 23.3 Å². The summed E-state index contributed by atoms with van der Waals surface area (Å²) in [6.07, 6.45) is 6.97. The second-order valence-corrected chi connectivity index (χ2v) is 8.43. The van der Waals surface area contributed by atoms with Crippen LogP contribution < -0.4 is 10.2 Å². The van der Waals surface area contributed by atoms with Gasteiger partial charge in [-0.2, -0.15) is 0 Å². The van der Waals surface area contributed by atoms with E-state index >= 15 is 0 Å². The predicted molar refractivity (Wildman–Crippen MR) is 109 cm³/mol. The van der Waals surface area contributed by atoms with Crippen LogP contribution in [0.5, 0.6) is 0 Å². The van der Waals surface area contributed by atoms with Gasteiger partial charge in [0.15, 0.2) is 0 Å². The molecule has 0 saturated carbocycles. The van der Waals surface area contributed by atoms with Crippen molar-refractivity contribution < 1.29 is 4.79 Å². The van der Waals surface area contributed by atoms with Crippen LogP contribution in [0.15, 0.2) is 36.7 Å². The Hall–Kier alpha value is -2.47. The Labute approximate surface area is 162 Å². The number of piperidine rings is 1. The summed E-state index contributed by atoms with van der Waals surface area (Å²) in [5.74, 6) is 1.26. The quantitative estimate of drug-likeness (QED) is 0.747. The van der Waals surface area contributed by atoms with Gasteiger partial charge in [0.1, 0.15) is 17.0 Å². The Morgan fingerprint density at radius 3 is 2.74 bits per heavy atom. The number of amides is 1. The number of hydrogen-bond donors (Lipinski definition) is 1. The fraction of sp³-hybridized carbons (Fsp3) is 0.381. The van der Waals surface area contributed by atoms with Crippen LogP contribution in [0.1, 0.15) is 29.7 Å². The van der Waals surface area contributed by atoms with E-state index in [1.807, 2.05) is 41.7 Å². The van der Waals surface area contributed by atoms with Crippen molar-refractivity contribution in [1.82, 2.24) is 9.97 Å². The number of anilines is 2. The number of aryl methyl sites for hydroxylation is 2. The number of aromatic nitrogens is 2. The molecule has 1 aliphatic heterocycles. The number of nitrogens with zero attached hydrogens (tertiary/aromatic N) is 3. The summed E-state index contributed by atoms with van der Waals surface area (Å²) in [5, 5.41) is 4.31. The van der Waals surface area contributed by atoms with E-state index in [1.165, 1.54) is 28.7 Å². The van der Waals surface area contributed by atoms with Crippen LogP contribution >= 0.6 is 11.3 Å². The van der Waals surface area contributed by atoms with Gasteiger partial charge in [0, 0.05) is 29.6 Å². The molecular formula is C21H22N4OS. The van der Waals surface area contributed by atoms with E-state index in [0.717, 1.165) is 48.7 Å². The topological polar surface area (TPSA) is 58.1 Å². The van der Waals surface area contributed by atoms with E-state index in [1.54, 1.807) is 6.33 Å². The molecule has 5 rings (SSSR count). The summed E-state index contributed by atoms with van der Waals surface area (Å²) in [6, 6.07) is 9.71. The zero-order valence-corrected chi connectivity index (χ0v) is 16.0. The molecule has 1 aromatic carbocycles. The highest BCUT2D eigenvalue weighted by atomic mass is 32.1. The van der Waals surface area contributed by atoms with Gasteiger partial charge in [-0.15, -0.1) is 11.3 Å². The average molecular weight is 379 g/mol. The number of fused-ring (bicyclic) bond motifs is 3. The molecule has 2 aromatic heterocycles. The second-order valence-electron chi connectivity index (χ2n) is 7.35. The molecule has 138 valence electrons. The zero-order chi connectivity index (χ0) is 18.2. The number of carbonyl (C=O) groups is 1. The van der Waals surface area contributed by atoms with Gasteiger partial charge in [-0.1, -0.05) is 18.2 Å². The Bertz CT molecular complexity index is 977. The molecule has 0 unspecified atom stereocenters. The first-order valence-electron chi connectivity index (χ1n) is 9.66. The Morgan fingerprint density at radius 2 is 1.93 bits per heavy atom. The van der Waals surface area contributed by atoms with Crippen LogP contribution in [-0.2, 0) is 17.6 Å². The number of thiophene rings is 1. The van der Waals surface area contributed by atoms with Crippen LogP contribution in [-0.4, -0.2) is 29.0 Å². The summed E-state index contributed by atoms with van der Waals surface area (Å²) >= 11 is 1.83. The first kappa shape index (κ1) is 16.7. The maximum Gasteiger partial charge on any atom is 0.227 e. The molecule has 1 aliphatic carbocycles. The van der Waals surface area contributed by atoms with Crippen molar-refractivity contribution in [1.29, 1.82) is 0 Å². The van der Waals surface area contributed by atoms with Gasteiger partial charge in [-0.05, 0) is 49.8 Å². The van der Waals surface area contributed by atoms with Gasteiger partial charge in [-0.3, -0.25) is 4.79 Å². The van der Waals surface area contributed by atoms with Crippen LogP contribution in [0.3, 0.4) is 0 Å². The highest BCUT2D eigenvalue weighted by Crippen LogP contribution is 2.40. The van der Waals surface area contributed by atoms with E-state index in [-0.39, 0.29) is 11.8 Å². The van der Waals surface area contributed by atoms with E-state index < -0.39 is 0 Å². The smallest absolute Gasteiger partial charge is 0.227 e. The predicted octanol–water partition coefficient (Wildman–Crippen LogP) is 4.04. The van der Waals surface area contributed by atoms with Crippen molar-refractivity contribution in [2.24, 2.45) is 5.92 Å². The third-order valence-corrected chi connectivity index (χ3v) is 6.89.